The highest BCUT2D eigenvalue weighted by Crippen LogP contribution is 2.57. The zero-order valence-electron chi connectivity index (χ0n) is 13.8. The Morgan fingerprint density at radius 3 is 2.33 bits per heavy atom. The van der Waals surface area contributed by atoms with E-state index in [2.05, 4.69) is 0 Å². The SMILES string of the molecule is O=S(=O)(CF)c1ccc(OC2CC(F)(F)C2)c2c1C1(OCCO1)C(F)C2F. The summed E-state index contributed by atoms with van der Waals surface area (Å²) >= 11 is 0. The van der Waals surface area contributed by atoms with Crippen LogP contribution in [0, 0.1) is 0 Å². The van der Waals surface area contributed by atoms with Crippen molar-refractivity contribution in [3.63, 3.8) is 0 Å². The molecule has 2 aliphatic carbocycles. The number of fused-ring (bicyclic) bond motifs is 2. The molecular formula is C16H15F5O5S. The molecule has 1 saturated carbocycles. The Morgan fingerprint density at radius 2 is 1.78 bits per heavy atom. The minimum atomic E-state index is -4.52. The number of alkyl halides is 5. The van der Waals surface area contributed by atoms with Crippen molar-refractivity contribution in [2.45, 2.75) is 47.9 Å². The highest BCUT2D eigenvalue weighted by atomic mass is 32.2. The van der Waals surface area contributed by atoms with Crippen LogP contribution in [0.15, 0.2) is 17.0 Å². The van der Waals surface area contributed by atoms with Gasteiger partial charge in [-0.1, -0.05) is 0 Å². The first kappa shape index (κ1) is 18.9. The van der Waals surface area contributed by atoms with Crippen molar-refractivity contribution in [2.75, 3.05) is 19.2 Å². The fraction of sp³-hybridized carbons (Fsp3) is 0.625. The summed E-state index contributed by atoms with van der Waals surface area (Å²) in [6, 6.07) is 0.154. The first-order valence-electron chi connectivity index (χ1n) is 8.18. The molecular weight excluding hydrogens is 399 g/mol. The van der Waals surface area contributed by atoms with E-state index in [0.29, 0.717) is 0 Å². The molecule has 0 amide bonds. The van der Waals surface area contributed by atoms with Gasteiger partial charge >= 0.3 is 0 Å². The molecule has 1 aromatic rings. The van der Waals surface area contributed by atoms with Crippen LogP contribution < -0.4 is 4.74 Å². The standard InChI is InChI=1S/C16H15F5O5S/c17-7-27(22,23)10-2-1-9(26-8-5-15(20,21)6-8)11-12(10)16(14(19)13(11)18)24-3-4-25-16/h1-2,8,13-14H,3-7H2. The van der Waals surface area contributed by atoms with Crippen molar-refractivity contribution >= 4 is 9.84 Å². The van der Waals surface area contributed by atoms with E-state index < -0.39 is 74.9 Å². The lowest BCUT2D eigenvalue weighted by Gasteiger charge is -2.35. The van der Waals surface area contributed by atoms with Crippen LogP contribution in [0.25, 0.3) is 0 Å². The highest BCUT2D eigenvalue weighted by Gasteiger charge is 2.62. The van der Waals surface area contributed by atoms with Gasteiger partial charge < -0.3 is 14.2 Å². The lowest BCUT2D eigenvalue weighted by molar-refractivity contribution is -0.213. The molecule has 2 atom stereocenters. The normalized spacial score (nSPS) is 28.9. The van der Waals surface area contributed by atoms with Gasteiger partial charge in [-0.25, -0.2) is 30.4 Å². The zero-order chi connectivity index (χ0) is 19.6. The van der Waals surface area contributed by atoms with E-state index in [1.54, 1.807) is 0 Å². The summed E-state index contributed by atoms with van der Waals surface area (Å²) in [6.07, 6.45) is -6.93. The van der Waals surface area contributed by atoms with Gasteiger partial charge in [0.15, 0.2) is 18.3 Å². The van der Waals surface area contributed by atoms with Crippen LogP contribution in [0.1, 0.15) is 30.1 Å². The summed E-state index contributed by atoms with van der Waals surface area (Å²) < 4.78 is 109. The van der Waals surface area contributed by atoms with Crippen LogP contribution in [0.3, 0.4) is 0 Å². The molecule has 4 rings (SSSR count). The number of hydrogen-bond donors (Lipinski definition) is 0. The van der Waals surface area contributed by atoms with E-state index in [4.69, 9.17) is 14.2 Å². The summed E-state index contributed by atoms with van der Waals surface area (Å²) in [6.45, 7) is -0.247. The minimum absolute atomic E-state index is 0.123. The third-order valence-corrected chi connectivity index (χ3v) is 6.25. The predicted molar refractivity (Wildman–Crippen MR) is 80.5 cm³/mol. The van der Waals surface area contributed by atoms with Gasteiger partial charge in [0.25, 0.3) is 5.92 Å². The Bertz CT molecular complexity index is 860. The van der Waals surface area contributed by atoms with Crippen molar-refractivity contribution < 1.29 is 44.6 Å². The molecule has 1 heterocycles. The molecule has 0 bridgehead atoms. The summed E-state index contributed by atoms with van der Waals surface area (Å²) in [5.74, 6) is -5.52. The van der Waals surface area contributed by atoms with Gasteiger partial charge in [0.2, 0.25) is 15.6 Å². The number of hydrogen-bond acceptors (Lipinski definition) is 5. The molecule has 2 unspecified atom stereocenters. The second-order valence-electron chi connectivity index (χ2n) is 6.75. The molecule has 1 aliphatic heterocycles. The summed E-state index contributed by atoms with van der Waals surface area (Å²) in [7, 11) is -4.52. The van der Waals surface area contributed by atoms with Gasteiger partial charge in [-0.15, -0.1) is 0 Å². The van der Waals surface area contributed by atoms with Crippen molar-refractivity contribution in [1.82, 2.24) is 0 Å². The van der Waals surface area contributed by atoms with Crippen LogP contribution in [0.2, 0.25) is 0 Å². The molecule has 3 aliphatic rings. The maximum atomic E-state index is 14.8. The molecule has 150 valence electrons. The van der Waals surface area contributed by atoms with E-state index >= 15 is 0 Å². The number of benzene rings is 1. The third kappa shape index (κ3) is 2.73. The monoisotopic (exact) mass is 414 g/mol. The molecule has 0 radical (unpaired) electrons. The Hall–Kier alpha value is -1.46. The van der Waals surface area contributed by atoms with Gasteiger partial charge in [0.1, 0.15) is 11.9 Å². The third-order valence-electron chi connectivity index (χ3n) is 4.95. The molecule has 1 saturated heterocycles. The average Bonchev–Trinajstić information content (AvgIpc) is 3.15. The first-order chi connectivity index (χ1) is 12.6. The van der Waals surface area contributed by atoms with Crippen molar-refractivity contribution in [2.24, 2.45) is 0 Å². The van der Waals surface area contributed by atoms with E-state index in [0.717, 1.165) is 12.1 Å². The lowest BCUT2D eigenvalue weighted by Crippen LogP contribution is -2.43. The molecule has 2 fully saturated rings. The van der Waals surface area contributed by atoms with Crippen LogP contribution >= 0.6 is 0 Å². The number of rotatable bonds is 4. The predicted octanol–water partition coefficient (Wildman–Crippen LogP) is 3.13. The molecule has 0 N–H and O–H groups in total. The Kier molecular flexibility index (Phi) is 4.21. The fourth-order valence-corrected chi connectivity index (χ4v) is 4.67. The van der Waals surface area contributed by atoms with Gasteiger partial charge in [0, 0.05) is 24.0 Å². The van der Waals surface area contributed by atoms with Crippen LogP contribution in [0.4, 0.5) is 22.0 Å². The van der Waals surface area contributed by atoms with E-state index in [-0.39, 0.29) is 19.0 Å². The maximum Gasteiger partial charge on any atom is 0.255 e. The largest absolute Gasteiger partial charge is 0.490 e. The molecule has 5 nitrogen and oxygen atoms in total. The summed E-state index contributed by atoms with van der Waals surface area (Å²) in [4.78, 5) is -0.670. The molecule has 1 aromatic carbocycles. The van der Waals surface area contributed by atoms with Gasteiger partial charge in [-0.05, 0) is 12.1 Å². The lowest BCUT2D eigenvalue weighted by atomic mass is 9.91. The molecule has 11 heteroatoms. The quantitative estimate of drug-likeness (QED) is 0.709. The second-order valence-corrected chi connectivity index (χ2v) is 8.63. The van der Waals surface area contributed by atoms with E-state index in [1.807, 2.05) is 0 Å². The average molecular weight is 414 g/mol. The Morgan fingerprint density at radius 1 is 1.15 bits per heavy atom. The van der Waals surface area contributed by atoms with E-state index in [9.17, 15) is 30.4 Å². The Labute approximate surface area is 151 Å². The van der Waals surface area contributed by atoms with Gasteiger partial charge in [0.05, 0.1) is 18.1 Å². The number of ether oxygens (including phenoxy) is 3. The van der Waals surface area contributed by atoms with Crippen molar-refractivity contribution in [3.8, 4) is 5.75 Å². The first-order valence-corrected chi connectivity index (χ1v) is 9.83. The molecule has 0 aromatic heterocycles. The van der Waals surface area contributed by atoms with Crippen LogP contribution in [-0.2, 0) is 25.1 Å². The molecule has 1 spiro atoms. The second kappa shape index (κ2) is 6.02. The van der Waals surface area contributed by atoms with Crippen molar-refractivity contribution in [1.29, 1.82) is 0 Å². The topological polar surface area (TPSA) is 61.8 Å². The van der Waals surface area contributed by atoms with Gasteiger partial charge in [-0.2, -0.15) is 0 Å². The fourth-order valence-electron chi connectivity index (χ4n) is 3.71. The summed E-state index contributed by atoms with van der Waals surface area (Å²) in [5, 5.41) is 0. The van der Waals surface area contributed by atoms with E-state index in [1.165, 1.54) is 0 Å². The van der Waals surface area contributed by atoms with Crippen LogP contribution in [-0.4, -0.2) is 45.8 Å². The van der Waals surface area contributed by atoms with Crippen molar-refractivity contribution in [3.05, 3.63) is 23.3 Å². The number of sulfone groups is 1. The smallest absolute Gasteiger partial charge is 0.255 e. The molecule has 27 heavy (non-hydrogen) atoms. The minimum Gasteiger partial charge on any atom is -0.490 e. The van der Waals surface area contributed by atoms with Crippen LogP contribution in [0.5, 0.6) is 5.75 Å². The zero-order valence-corrected chi connectivity index (χ0v) is 14.6. The van der Waals surface area contributed by atoms with Gasteiger partial charge in [-0.3, -0.25) is 0 Å². The number of halogens is 5. The maximum absolute atomic E-state index is 14.8. The Balaban J connectivity index is 1.85. The summed E-state index contributed by atoms with van der Waals surface area (Å²) in [5.41, 5.74) is -1.00. The highest BCUT2D eigenvalue weighted by molar-refractivity contribution is 7.91.